The van der Waals surface area contributed by atoms with Crippen molar-refractivity contribution in [1.82, 2.24) is 4.90 Å². The van der Waals surface area contributed by atoms with E-state index < -0.39 is 12.3 Å². The molecule has 0 saturated carbocycles. The summed E-state index contributed by atoms with van der Waals surface area (Å²) >= 11 is 0. The van der Waals surface area contributed by atoms with Crippen LogP contribution in [0, 0.1) is 18.3 Å². The molecule has 0 radical (unpaired) electrons. The first kappa shape index (κ1) is 23.0. The Morgan fingerprint density at radius 3 is 2.38 bits per heavy atom. The van der Waals surface area contributed by atoms with Crippen molar-refractivity contribution in [1.29, 1.82) is 0 Å². The second-order valence-electron chi connectivity index (χ2n) is 7.64. The van der Waals surface area contributed by atoms with Crippen molar-refractivity contribution in [3.8, 4) is 12.3 Å². The van der Waals surface area contributed by atoms with Gasteiger partial charge in [-0.3, -0.25) is 4.79 Å². The number of carbonyl (C=O) groups is 1. The zero-order chi connectivity index (χ0) is 19.4. The fourth-order valence-corrected chi connectivity index (χ4v) is 3.68. The lowest BCUT2D eigenvalue weighted by molar-refractivity contribution is -0.235. The quantitative estimate of drug-likeness (QED) is 0.395. The van der Waals surface area contributed by atoms with Gasteiger partial charge in [0.2, 0.25) is 0 Å². The second-order valence-corrected chi connectivity index (χ2v) is 7.64. The first-order chi connectivity index (χ1) is 12.5. The molecule has 1 rings (SSSR count). The third-order valence-electron chi connectivity index (χ3n) is 5.10. The Hall–Kier alpha value is -1.09. The minimum Gasteiger partial charge on any atom is -0.481 e. The fourth-order valence-electron chi connectivity index (χ4n) is 3.68. The summed E-state index contributed by atoms with van der Waals surface area (Å²) in [4.78, 5) is 13.4. The average molecular weight is 368 g/mol. The van der Waals surface area contributed by atoms with Gasteiger partial charge < -0.3 is 19.5 Å². The molecule has 1 N–H and O–H groups in total. The molecule has 0 aromatic heterocycles. The number of ether oxygens (including phenoxy) is 2. The van der Waals surface area contributed by atoms with Gasteiger partial charge in [-0.15, -0.1) is 12.3 Å². The molecule has 5 nitrogen and oxygen atoms in total. The predicted octanol–water partition coefficient (Wildman–Crippen LogP) is 3.91. The van der Waals surface area contributed by atoms with Crippen molar-refractivity contribution in [2.45, 2.75) is 89.6 Å². The molecule has 26 heavy (non-hydrogen) atoms. The number of carboxylic acid groups (broad SMARTS) is 1. The second kappa shape index (κ2) is 13.1. The first-order valence-electron chi connectivity index (χ1n) is 10.0. The molecular formula is C21H37NO4. The SMILES string of the molecule is C#CCCCCCCCCCOC1OC(C)CC(N(C)C)C1CC(=O)O. The lowest BCUT2D eigenvalue weighted by Crippen LogP contribution is -2.51. The van der Waals surface area contributed by atoms with Crippen LogP contribution >= 0.6 is 0 Å². The van der Waals surface area contributed by atoms with Crippen molar-refractivity contribution in [3.05, 3.63) is 0 Å². The van der Waals surface area contributed by atoms with E-state index in [1.807, 2.05) is 21.0 Å². The highest BCUT2D eigenvalue weighted by molar-refractivity contribution is 5.67. The van der Waals surface area contributed by atoms with E-state index in [0.29, 0.717) is 6.61 Å². The molecule has 0 bridgehead atoms. The highest BCUT2D eigenvalue weighted by atomic mass is 16.7. The van der Waals surface area contributed by atoms with Crippen LogP contribution in [0.2, 0.25) is 0 Å². The molecule has 4 atom stereocenters. The highest BCUT2D eigenvalue weighted by Gasteiger charge is 2.40. The number of nitrogens with zero attached hydrogens (tertiary/aromatic N) is 1. The van der Waals surface area contributed by atoms with Gasteiger partial charge in [-0.2, -0.15) is 0 Å². The van der Waals surface area contributed by atoms with Crippen LogP contribution in [0.1, 0.15) is 71.1 Å². The number of aliphatic carboxylic acids is 1. The number of carboxylic acids is 1. The van der Waals surface area contributed by atoms with E-state index in [0.717, 1.165) is 32.1 Å². The van der Waals surface area contributed by atoms with Gasteiger partial charge in [-0.05, 0) is 40.3 Å². The van der Waals surface area contributed by atoms with Gasteiger partial charge in [0.1, 0.15) is 0 Å². The third-order valence-corrected chi connectivity index (χ3v) is 5.10. The van der Waals surface area contributed by atoms with Crippen LogP contribution in [0.5, 0.6) is 0 Å². The summed E-state index contributed by atoms with van der Waals surface area (Å²) in [5.74, 6) is 1.75. The van der Waals surface area contributed by atoms with E-state index in [1.165, 1.54) is 25.7 Å². The lowest BCUT2D eigenvalue weighted by atomic mass is 9.87. The van der Waals surface area contributed by atoms with Crippen molar-refractivity contribution in [2.75, 3.05) is 20.7 Å². The molecule has 0 spiro atoms. The van der Waals surface area contributed by atoms with Crippen LogP contribution in [-0.4, -0.2) is 55.1 Å². The monoisotopic (exact) mass is 367 g/mol. The summed E-state index contributed by atoms with van der Waals surface area (Å²) in [6, 6.07) is 0.169. The number of hydrogen-bond acceptors (Lipinski definition) is 4. The largest absolute Gasteiger partial charge is 0.481 e. The molecule has 1 saturated heterocycles. The molecule has 0 amide bonds. The van der Waals surface area contributed by atoms with Gasteiger partial charge in [0, 0.05) is 25.0 Å². The van der Waals surface area contributed by atoms with Gasteiger partial charge >= 0.3 is 5.97 Å². The zero-order valence-electron chi connectivity index (χ0n) is 16.8. The van der Waals surface area contributed by atoms with Crippen LogP contribution in [0.4, 0.5) is 0 Å². The fraction of sp³-hybridized carbons (Fsp3) is 0.857. The molecule has 0 aliphatic carbocycles. The lowest BCUT2D eigenvalue weighted by Gasteiger charge is -2.43. The summed E-state index contributed by atoms with van der Waals surface area (Å²) in [5.41, 5.74) is 0. The van der Waals surface area contributed by atoms with Gasteiger partial charge in [-0.25, -0.2) is 0 Å². The van der Waals surface area contributed by atoms with Gasteiger partial charge in [0.25, 0.3) is 0 Å². The Morgan fingerprint density at radius 1 is 1.19 bits per heavy atom. The average Bonchev–Trinajstić information content (AvgIpc) is 2.57. The number of rotatable bonds is 13. The first-order valence-corrected chi connectivity index (χ1v) is 10.0. The summed E-state index contributed by atoms with van der Waals surface area (Å²) in [6.45, 7) is 2.66. The van der Waals surface area contributed by atoms with Gasteiger partial charge in [0.15, 0.2) is 6.29 Å². The van der Waals surface area contributed by atoms with Crippen molar-refractivity contribution >= 4 is 5.97 Å². The van der Waals surface area contributed by atoms with Crippen LogP contribution in [0.15, 0.2) is 0 Å². The molecule has 1 aliphatic heterocycles. The van der Waals surface area contributed by atoms with E-state index in [2.05, 4.69) is 10.8 Å². The minimum absolute atomic E-state index is 0.0812. The molecule has 1 fully saturated rings. The maximum absolute atomic E-state index is 11.3. The molecular weight excluding hydrogens is 330 g/mol. The van der Waals surface area contributed by atoms with Gasteiger partial charge in [0.05, 0.1) is 12.5 Å². The number of terminal acetylenes is 1. The van der Waals surface area contributed by atoms with E-state index in [4.69, 9.17) is 15.9 Å². The Balaban J connectivity index is 2.29. The van der Waals surface area contributed by atoms with E-state index in [9.17, 15) is 9.90 Å². The van der Waals surface area contributed by atoms with E-state index >= 15 is 0 Å². The van der Waals surface area contributed by atoms with Crippen molar-refractivity contribution in [2.24, 2.45) is 5.92 Å². The molecule has 0 aromatic carbocycles. The van der Waals surface area contributed by atoms with Crippen molar-refractivity contribution < 1.29 is 19.4 Å². The summed E-state index contributed by atoms with van der Waals surface area (Å²) in [6.07, 6.45) is 14.9. The smallest absolute Gasteiger partial charge is 0.303 e. The van der Waals surface area contributed by atoms with E-state index in [1.54, 1.807) is 0 Å². The van der Waals surface area contributed by atoms with E-state index in [-0.39, 0.29) is 24.5 Å². The van der Waals surface area contributed by atoms with Crippen LogP contribution in [0.3, 0.4) is 0 Å². The zero-order valence-corrected chi connectivity index (χ0v) is 16.8. The Kier molecular flexibility index (Phi) is 11.6. The molecule has 0 aromatic rings. The minimum atomic E-state index is -0.793. The summed E-state index contributed by atoms with van der Waals surface area (Å²) < 4.78 is 11.9. The third kappa shape index (κ3) is 9.02. The number of hydrogen-bond donors (Lipinski definition) is 1. The normalized spacial score (nSPS) is 26.0. The van der Waals surface area contributed by atoms with Crippen molar-refractivity contribution in [3.63, 3.8) is 0 Å². The maximum atomic E-state index is 11.3. The Labute approximate surface area is 159 Å². The number of unbranched alkanes of at least 4 members (excludes halogenated alkanes) is 7. The highest BCUT2D eigenvalue weighted by Crippen LogP contribution is 2.31. The molecule has 5 heteroatoms. The maximum Gasteiger partial charge on any atom is 0.303 e. The standard InChI is InChI=1S/C21H37NO4/c1-5-6-7-8-9-10-11-12-13-14-25-21-18(16-20(23)24)19(22(3)4)15-17(2)26-21/h1,17-19,21H,6-16H2,2-4H3,(H,23,24). The topological polar surface area (TPSA) is 59.0 Å². The van der Waals surface area contributed by atoms with Crippen LogP contribution in [0.25, 0.3) is 0 Å². The molecule has 1 heterocycles. The molecule has 4 unspecified atom stereocenters. The molecule has 150 valence electrons. The van der Waals surface area contributed by atoms with Crippen LogP contribution < -0.4 is 0 Å². The Morgan fingerprint density at radius 2 is 1.81 bits per heavy atom. The summed E-state index contributed by atoms with van der Waals surface area (Å²) in [5, 5.41) is 9.25. The van der Waals surface area contributed by atoms with Crippen LogP contribution in [-0.2, 0) is 14.3 Å². The molecule has 1 aliphatic rings. The summed E-state index contributed by atoms with van der Waals surface area (Å²) in [7, 11) is 4.00. The van der Waals surface area contributed by atoms with Gasteiger partial charge in [-0.1, -0.05) is 32.1 Å². The Bertz CT molecular complexity index is 432. The predicted molar refractivity (Wildman–Crippen MR) is 104 cm³/mol.